The van der Waals surface area contributed by atoms with E-state index in [1.165, 1.54) is 51.5 Å². The van der Waals surface area contributed by atoms with Crippen molar-refractivity contribution in [3.63, 3.8) is 0 Å². The molecule has 0 bridgehead atoms. The number of ether oxygens (including phenoxy) is 1. The van der Waals surface area contributed by atoms with Crippen molar-refractivity contribution < 1.29 is 4.74 Å². The molecule has 3 nitrogen and oxygen atoms in total. The van der Waals surface area contributed by atoms with Gasteiger partial charge in [0.05, 0.1) is 18.8 Å². The summed E-state index contributed by atoms with van der Waals surface area (Å²) in [6.45, 7) is 6.60. The number of nitrogens with zero attached hydrogens (tertiary/aromatic N) is 1. The van der Waals surface area contributed by atoms with Gasteiger partial charge in [0.2, 0.25) is 0 Å². The Morgan fingerprint density at radius 2 is 2.30 bits per heavy atom. The number of hydrogen-bond acceptors (Lipinski definition) is 3. The molecule has 2 heterocycles. The minimum Gasteiger partial charge on any atom is -0.373 e. The van der Waals surface area contributed by atoms with E-state index < -0.39 is 0 Å². The Morgan fingerprint density at radius 1 is 1.35 bits per heavy atom. The molecule has 2 fully saturated rings. The van der Waals surface area contributed by atoms with Gasteiger partial charge in [0.15, 0.2) is 0 Å². The Bertz CT molecular complexity index is 342. The highest BCUT2D eigenvalue weighted by Gasteiger charge is 2.36. The van der Waals surface area contributed by atoms with Crippen molar-refractivity contribution in [2.45, 2.75) is 70.1 Å². The predicted molar refractivity (Wildman–Crippen MR) is 83.0 cm³/mol. The van der Waals surface area contributed by atoms with E-state index in [9.17, 15) is 0 Å². The zero-order valence-electron chi connectivity index (χ0n) is 12.9. The summed E-state index contributed by atoms with van der Waals surface area (Å²) >= 11 is 0. The van der Waals surface area contributed by atoms with Crippen LogP contribution in [-0.2, 0) is 4.74 Å². The lowest BCUT2D eigenvalue weighted by atomic mass is 9.95. The molecule has 0 aromatic rings. The highest BCUT2D eigenvalue weighted by molar-refractivity contribution is 5.15. The smallest absolute Gasteiger partial charge is 0.0893 e. The van der Waals surface area contributed by atoms with Gasteiger partial charge in [-0.2, -0.15) is 0 Å². The first-order chi connectivity index (χ1) is 9.88. The van der Waals surface area contributed by atoms with Crippen LogP contribution in [0.25, 0.3) is 0 Å². The van der Waals surface area contributed by atoms with Crippen LogP contribution in [0.15, 0.2) is 11.6 Å². The largest absolute Gasteiger partial charge is 0.373 e. The fourth-order valence-electron chi connectivity index (χ4n) is 4.09. The number of hydrogen-bond donors (Lipinski definition) is 1. The van der Waals surface area contributed by atoms with Crippen LogP contribution in [0.1, 0.15) is 51.9 Å². The van der Waals surface area contributed by atoms with Crippen LogP contribution in [0, 0.1) is 0 Å². The van der Waals surface area contributed by atoms with Crippen molar-refractivity contribution in [3.05, 3.63) is 11.6 Å². The Kier molecular flexibility index (Phi) is 5.14. The number of likely N-dealkylation sites (N-methyl/N-ethyl adjacent to an activating group) is 1. The summed E-state index contributed by atoms with van der Waals surface area (Å²) in [4.78, 5) is 2.66. The lowest BCUT2D eigenvalue weighted by Crippen LogP contribution is -2.54. The van der Waals surface area contributed by atoms with Crippen LogP contribution in [-0.4, -0.2) is 49.3 Å². The molecule has 3 rings (SSSR count). The van der Waals surface area contributed by atoms with E-state index in [0.29, 0.717) is 18.2 Å². The summed E-state index contributed by atoms with van der Waals surface area (Å²) in [5, 5.41) is 3.71. The van der Waals surface area contributed by atoms with Gasteiger partial charge in [0, 0.05) is 12.6 Å². The van der Waals surface area contributed by atoms with Gasteiger partial charge in [-0.15, -0.1) is 0 Å². The summed E-state index contributed by atoms with van der Waals surface area (Å²) in [5.74, 6) is 0. The fraction of sp³-hybridized carbons (Fsp3) is 0.882. The number of fused-ring (bicyclic) bond motifs is 1. The van der Waals surface area contributed by atoms with Crippen LogP contribution < -0.4 is 5.32 Å². The Hall–Kier alpha value is -0.380. The molecule has 0 spiro atoms. The molecule has 20 heavy (non-hydrogen) atoms. The van der Waals surface area contributed by atoms with Gasteiger partial charge in [-0.25, -0.2) is 0 Å². The molecule has 1 aliphatic carbocycles. The maximum atomic E-state index is 6.26. The zero-order valence-corrected chi connectivity index (χ0v) is 12.9. The monoisotopic (exact) mass is 278 g/mol. The van der Waals surface area contributed by atoms with Gasteiger partial charge in [-0.3, -0.25) is 4.90 Å². The summed E-state index contributed by atoms with van der Waals surface area (Å²) in [7, 11) is 0. The molecule has 0 aromatic heterocycles. The summed E-state index contributed by atoms with van der Waals surface area (Å²) in [6.07, 6.45) is 12.2. The topological polar surface area (TPSA) is 24.5 Å². The zero-order chi connectivity index (χ0) is 13.8. The third kappa shape index (κ3) is 3.26. The minimum atomic E-state index is 0.355. The van der Waals surface area contributed by atoms with Crippen molar-refractivity contribution in [1.29, 1.82) is 0 Å². The van der Waals surface area contributed by atoms with E-state index in [0.717, 1.165) is 19.7 Å². The third-order valence-corrected chi connectivity index (χ3v) is 5.19. The molecule has 2 saturated heterocycles. The van der Waals surface area contributed by atoms with Crippen molar-refractivity contribution >= 4 is 0 Å². The van der Waals surface area contributed by atoms with Crippen molar-refractivity contribution in [2.24, 2.45) is 0 Å². The lowest BCUT2D eigenvalue weighted by molar-refractivity contribution is -0.0593. The Balaban J connectivity index is 1.67. The van der Waals surface area contributed by atoms with Gasteiger partial charge in [-0.1, -0.05) is 25.0 Å². The fourth-order valence-corrected chi connectivity index (χ4v) is 4.09. The minimum absolute atomic E-state index is 0.355. The van der Waals surface area contributed by atoms with Crippen molar-refractivity contribution in [1.82, 2.24) is 10.2 Å². The van der Waals surface area contributed by atoms with Gasteiger partial charge < -0.3 is 10.1 Å². The molecule has 3 heteroatoms. The van der Waals surface area contributed by atoms with E-state index in [4.69, 9.17) is 4.74 Å². The summed E-state index contributed by atoms with van der Waals surface area (Å²) < 4.78 is 6.26. The second-order valence-corrected chi connectivity index (χ2v) is 6.58. The van der Waals surface area contributed by atoms with Crippen LogP contribution in [0.2, 0.25) is 0 Å². The van der Waals surface area contributed by atoms with Gasteiger partial charge >= 0.3 is 0 Å². The van der Waals surface area contributed by atoms with Crippen LogP contribution in [0.5, 0.6) is 0 Å². The number of rotatable bonds is 4. The molecule has 1 N–H and O–H groups in total. The first-order valence-corrected chi connectivity index (χ1v) is 8.66. The highest BCUT2D eigenvalue weighted by Crippen LogP contribution is 2.28. The predicted octanol–water partition coefficient (Wildman–Crippen LogP) is 2.72. The average molecular weight is 278 g/mol. The van der Waals surface area contributed by atoms with Gasteiger partial charge in [-0.05, 0) is 51.6 Å². The quantitative estimate of drug-likeness (QED) is 0.800. The number of morpholine rings is 1. The molecule has 0 aromatic carbocycles. The molecular formula is C17H30N2O. The van der Waals surface area contributed by atoms with E-state index in [1.54, 1.807) is 5.57 Å². The molecule has 3 aliphatic rings. The first-order valence-electron chi connectivity index (χ1n) is 8.66. The van der Waals surface area contributed by atoms with E-state index in [-0.39, 0.29) is 0 Å². The number of allylic oxidation sites excluding steroid dienone is 1. The lowest BCUT2D eigenvalue weighted by Gasteiger charge is -2.40. The van der Waals surface area contributed by atoms with E-state index in [1.807, 2.05) is 0 Å². The second-order valence-electron chi connectivity index (χ2n) is 6.58. The maximum Gasteiger partial charge on any atom is 0.0893 e. The molecule has 0 radical (unpaired) electrons. The van der Waals surface area contributed by atoms with Crippen molar-refractivity contribution in [2.75, 3.05) is 26.2 Å². The SMILES string of the molecule is CCNC(C1=CCCCCC1)C1CN2CCCC2CO1. The Morgan fingerprint density at radius 3 is 3.20 bits per heavy atom. The van der Waals surface area contributed by atoms with Crippen molar-refractivity contribution in [3.8, 4) is 0 Å². The van der Waals surface area contributed by atoms with Crippen LogP contribution in [0.4, 0.5) is 0 Å². The van der Waals surface area contributed by atoms with Gasteiger partial charge in [0.1, 0.15) is 0 Å². The first kappa shape index (κ1) is 14.6. The molecule has 0 amide bonds. The van der Waals surface area contributed by atoms with Crippen LogP contribution in [0.3, 0.4) is 0 Å². The maximum absolute atomic E-state index is 6.26. The van der Waals surface area contributed by atoms with Crippen LogP contribution >= 0.6 is 0 Å². The highest BCUT2D eigenvalue weighted by atomic mass is 16.5. The molecule has 3 unspecified atom stereocenters. The second kappa shape index (κ2) is 7.06. The normalized spacial score (nSPS) is 33.4. The third-order valence-electron chi connectivity index (χ3n) is 5.19. The average Bonchev–Trinajstić information content (AvgIpc) is 2.77. The summed E-state index contributed by atoms with van der Waals surface area (Å²) in [6, 6.07) is 1.15. The molecule has 0 saturated carbocycles. The molecular weight excluding hydrogens is 248 g/mol. The van der Waals surface area contributed by atoms with E-state index >= 15 is 0 Å². The molecule has 114 valence electrons. The van der Waals surface area contributed by atoms with Gasteiger partial charge in [0.25, 0.3) is 0 Å². The number of nitrogens with one attached hydrogen (secondary N) is 1. The Labute approximate surface area is 123 Å². The van der Waals surface area contributed by atoms with E-state index in [2.05, 4.69) is 23.2 Å². The molecule has 2 aliphatic heterocycles. The standard InChI is InChI=1S/C17H30N2O/c1-2-18-17(14-8-5-3-4-6-9-14)16-12-19-11-7-10-15(19)13-20-16/h8,15-18H,2-7,9-13H2,1H3. The molecule has 3 atom stereocenters. The summed E-state index contributed by atoms with van der Waals surface area (Å²) in [5.41, 5.74) is 1.62.